The van der Waals surface area contributed by atoms with Gasteiger partial charge in [-0.25, -0.2) is 14.8 Å². The van der Waals surface area contributed by atoms with Crippen LogP contribution in [-0.2, 0) is 4.74 Å². The molecule has 2 amide bonds. The predicted octanol–water partition coefficient (Wildman–Crippen LogP) is 2.62. The Hall–Kier alpha value is -2.51. The number of aromatic nitrogens is 2. The summed E-state index contributed by atoms with van der Waals surface area (Å²) in [6, 6.07) is 9.43. The van der Waals surface area contributed by atoms with Crippen LogP contribution in [0, 0.1) is 5.92 Å². The van der Waals surface area contributed by atoms with Gasteiger partial charge in [-0.05, 0) is 5.92 Å². The molecular weight excluding hydrogens is 342 g/mol. The highest BCUT2D eigenvalue weighted by Crippen LogP contribution is 2.14. The Morgan fingerprint density at radius 1 is 1.26 bits per heavy atom. The fraction of sp³-hybridized carbons (Fsp3) is 0.450. The lowest BCUT2D eigenvalue weighted by Crippen LogP contribution is -2.48. The molecular formula is C20H27N5O2. The highest BCUT2D eigenvalue weighted by atomic mass is 16.5. The van der Waals surface area contributed by atoms with Crippen molar-refractivity contribution in [1.82, 2.24) is 20.2 Å². The van der Waals surface area contributed by atoms with E-state index >= 15 is 0 Å². The van der Waals surface area contributed by atoms with E-state index in [-0.39, 0.29) is 12.1 Å². The van der Waals surface area contributed by atoms with Gasteiger partial charge in [0.05, 0.1) is 30.8 Å². The fourth-order valence-electron chi connectivity index (χ4n) is 3.10. The third kappa shape index (κ3) is 6.01. The van der Waals surface area contributed by atoms with Crippen LogP contribution in [0.15, 0.2) is 42.7 Å². The number of carbonyl (C=O) groups excluding carboxylic acids is 1. The highest BCUT2D eigenvalue weighted by Gasteiger charge is 2.21. The zero-order valence-electron chi connectivity index (χ0n) is 15.9. The van der Waals surface area contributed by atoms with E-state index in [4.69, 9.17) is 4.74 Å². The van der Waals surface area contributed by atoms with Gasteiger partial charge in [-0.3, -0.25) is 4.90 Å². The zero-order chi connectivity index (χ0) is 19.1. The Bertz CT molecular complexity index is 721. The molecule has 1 fully saturated rings. The van der Waals surface area contributed by atoms with E-state index < -0.39 is 0 Å². The average molecular weight is 369 g/mol. The molecule has 2 N–H and O–H groups in total. The second-order valence-electron chi connectivity index (χ2n) is 7.14. The summed E-state index contributed by atoms with van der Waals surface area (Å²) in [5.74, 6) is 1.25. The van der Waals surface area contributed by atoms with Crippen LogP contribution in [0.5, 0.6) is 0 Å². The molecule has 0 bridgehead atoms. The van der Waals surface area contributed by atoms with Crippen molar-refractivity contribution in [2.75, 3.05) is 38.1 Å². The number of benzene rings is 1. The van der Waals surface area contributed by atoms with Gasteiger partial charge in [-0.15, -0.1) is 0 Å². The molecule has 0 spiro atoms. The average Bonchev–Trinajstić information content (AvgIpc) is 2.67. The molecule has 0 aliphatic carbocycles. The van der Waals surface area contributed by atoms with Crippen LogP contribution < -0.4 is 10.6 Å². The van der Waals surface area contributed by atoms with E-state index in [1.807, 2.05) is 30.3 Å². The van der Waals surface area contributed by atoms with E-state index in [0.717, 1.165) is 25.2 Å². The lowest BCUT2D eigenvalue weighted by molar-refractivity contribution is -0.0288. The molecule has 144 valence electrons. The number of morpholine rings is 1. The van der Waals surface area contributed by atoms with Crippen molar-refractivity contribution in [2.24, 2.45) is 5.92 Å². The molecule has 0 radical (unpaired) electrons. The smallest absolute Gasteiger partial charge is 0.319 e. The van der Waals surface area contributed by atoms with Gasteiger partial charge in [0.1, 0.15) is 0 Å². The summed E-state index contributed by atoms with van der Waals surface area (Å²) in [4.78, 5) is 23.1. The van der Waals surface area contributed by atoms with Gasteiger partial charge in [0.2, 0.25) is 0 Å². The molecule has 1 aromatic heterocycles. The van der Waals surface area contributed by atoms with Crippen molar-refractivity contribution >= 4 is 11.7 Å². The first kappa shape index (κ1) is 19.3. The van der Waals surface area contributed by atoms with Crippen molar-refractivity contribution in [1.29, 1.82) is 0 Å². The van der Waals surface area contributed by atoms with Crippen molar-refractivity contribution in [3.05, 3.63) is 42.7 Å². The van der Waals surface area contributed by atoms with Gasteiger partial charge in [-0.2, -0.15) is 0 Å². The first-order valence-corrected chi connectivity index (χ1v) is 9.36. The largest absolute Gasteiger partial charge is 0.374 e. The molecule has 1 saturated heterocycles. The van der Waals surface area contributed by atoms with Crippen molar-refractivity contribution in [2.45, 2.75) is 20.0 Å². The van der Waals surface area contributed by atoms with E-state index in [9.17, 15) is 4.79 Å². The lowest BCUT2D eigenvalue weighted by Gasteiger charge is -2.33. The first-order valence-electron chi connectivity index (χ1n) is 9.36. The van der Waals surface area contributed by atoms with Crippen LogP contribution in [0.4, 0.5) is 10.5 Å². The number of nitrogens with zero attached hydrogens (tertiary/aromatic N) is 3. The molecule has 1 aliphatic rings. The number of anilines is 1. The Labute approximate surface area is 160 Å². The van der Waals surface area contributed by atoms with Gasteiger partial charge in [-0.1, -0.05) is 44.2 Å². The van der Waals surface area contributed by atoms with Crippen LogP contribution >= 0.6 is 0 Å². The lowest BCUT2D eigenvalue weighted by atomic mass is 10.2. The second-order valence-corrected chi connectivity index (χ2v) is 7.14. The number of urea groups is 1. The second kappa shape index (κ2) is 9.43. The fourth-order valence-corrected chi connectivity index (χ4v) is 3.10. The van der Waals surface area contributed by atoms with Crippen molar-refractivity contribution < 1.29 is 9.53 Å². The minimum Gasteiger partial charge on any atom is -0.374 e. The van der Waals surface area contributed by atoms with E-state index in [2.05, 4.69) is 39.3 Å². The van der Waals surface area contributed by atoms with Crippen LogP contribution in [-0.4, -0.2) is 59.8 Å². The number of amides is 2. The summed E-state index contributed by atoms with van der Waals surface area (Å²) in [6.45, 7) is 8.44. The van der Waals surface area contributed by atoms with Crippen LogP contribution in [0.3, 0.4) is 0 Å². The monoisotopic (exact) mass is 369 g/mol. The first-order chi connectivity index (χ1) is 13.1. The number of rotatable bonds is 6. The zero-order valence-corrected chi connectivity index (χ0v) is 15.9. The Balaban J connectivity index is 1.45. The maximum atomic E-state index is 12.1. The van der Waals surface area contributed by atoms with E-state index in [0.29, 0.717) is 30.6 Å². The molecule has 7 heteroatoms. The molecule has 1 aliphatic heterocycles. The summed E-state index contributed by atoms with van der Waals surface area (Å²) in [6.07, 6.45) is 3.23. The molecule has 2 heterocycles. The van der Waals surface area contributed by atoms with E-state index in [1.165, 1.54) is 0 Å². The Morgan fingerprint density at radius 2 is 2.00 bits per heavy atom. The highest BCUT2D eigenvalue weighted by molar-refractivity contribution is 5.88. The third-order valence-electron chi connectivity index (χ3n) is 4.28. The Morgan fingerprint density at radius 3 is 2.70 bits per heavy atom. The molecule has 7 nitrogen and oxygen atoms in total. The number of hydrogen-bond acceptors (Lipinski definition) is 5. The van der Waals surface area contributed by atoms with Crippen molar-refractivity contribution in [3.63, 3.8) is 0 Å². The minimum absolute atomic E-state index is 0.0138. The maximum Gasteiger partial charge on any atom is 0.319 e. The summed E-state index contributed by atoms with van der Waals surface area (Å²) < 4.78 is 5.75. The van der Waals surface area contributed by atoms with Crippen LogP contribution in [0.1, 0.15) is 13.8 Å². The van der Waals surface area contributed by atoms with Gasteiger partial charge >= 0.3 is 6.03 Å². The summed E-state index contributed by atoms with van der Waals surface area (Å²) in [5.41, 5.74) is 1.49. The van der Waals surface area contributed by atoms with Gasteiger partial charge in [0.25, 0.3) is 0 Å². The molecule has 27 heavy (non-hydrogen) atoms. The summed E-state index contributed by atoms with van der Waals surface area (Å²) in [5, 5.41) is 5.62. The van der Waals surface area contributed by atoms with Crippen LogP contribution in [0.2, 0.25) is 0 Å². The topological polar surface area (TPSA) is 79.4 Å². The summed E-state index contributed by atoms with van der Waals surface area (Å²) in [7, 11) is 0. The molecule has 2 aromatic rings. The van der Waals surface area contributed by atoms with Gasteiger partial charge in [0, 0.05) is 31.7 Å². The standard InChI is InChI=1S/C20H27N5O2/c1-15(2)13-25-8-9-27-18(14-25)12-23-20(26)24-17-10-21-19(22-11-17)16-6-4-3-5-7-16/h3-7,10-11,15,18H,8-9,12-14H2,1-2H3,(H2,23,24,26). The quantitative estimate of drug-likeness (QED) is 0.818. The molecule has 1 aromatic carbocycles. The number of ether oxygens (including phenoxy) is 1. The molecule has 0 saturated carbocycles. The minimum atomic E-state index is -0.282. The Kier molecular flexibility index (Phi) is 6.73. The predicted molar refractivity (Wildman–Crippen MR) is 106 cm³/mol. The summed E-state index contributed by atoms with van der Waals surface area (Å²) >= 11 is 0. The molecule has 1 atom stereocenters. The van der Waals surface area contributed by atoms with Gasteiger partial charge < -0.3 is 15.4 Å². The van der Waals surface area contributed by atoms with Crippen LogP contribution in [0.25, 0.3) is 11.4 Å². The normalized spacial score (nSPS) is 17.7. The SMILES string of the molecule is CC(C)CN1CCOC(CNC(=O)Nc2cnc(-c3ccccc3)nc2)C1. The van der Waals surface area contributed by atoms with E-state index in [1.54, 1.807) is 12.4 Å². The maximum absolute atomic E-state index is 12.1. The van der Waals surface area contributed by atoms with Gasteiger partial charge in [0.15, 0.2) is 5.82 Å². The number of nitrogens with one attached hydrogen (secondary N) is 2. The van der Waals surface area contributed by atoms with Crippen molar-refractivity contribution in [3.8, 4) is 11.4 Å². The number of hydrogen-bond donors (Lipinski definition) is 2. The molecule has 1 unspecified atom stereocenters. The third-order valence-corrected chi connectivity index (χ3v) is 4.28. The molecule has 3 rings (SSSR count). The number of carbonyl (C=O) groups is 1.